The van der Waals surface area contributed by atoms with Crippen LogP contribution in [0.1, 0.15) is 5.56 Å². The molecule has 3 rings (SSSR count). The molecule has 0 aliphatic carbocycles. The van der Waals surface area contributed by atoms with Crippen molar-refractivity contribution in [2.75, 3.05) is 21.3 Å². The van der Waals surface area contributed by atoms with Crippen molar-refractivity contribution < 1.29 is 22.6 Å². The van der Waals surface area contributed by atoms with Crippen LogP contribution in [0, 0.1) is 0 Å². The molecule has 0 spiro atoms. The zero-order valence-corrected chi connectivity index (χ0v) is 17.1. The van der Waals surface area contributed by atoms with Gasteiger partial charge in [0.2, 0.25) is 9.84 Å². The maximum Gasteiger partial charge on any atom is 0.251 e. The number of fused-ring (bicyclic) bond motifs is 1. The predicted molar refractivity (Wildman–Crippen MR) is 110 cm³/mol. The number of rotatable bonds is 6. The third-order valence-electron chi connectivity index (χ3n) is 4.07. The summed E-state index contributed by atoms with van der Waals surface area (Å²) in [5.74, 6) is 1.62. The Labute approximate surface area is 166 Å². The molecule has 2 aromatic carbocycles. The number of hydrogen-bond acceptors (Lipinski definition) is 7. The van der Waals surface area contributed by atoms with Crippen molar-refractivity contribution in [2.45, 2.75) is 4.90 Å². The average molecular weight is 418 g/mol. The van der Waals surface area contributed by atoms with E-state index >= 15 is 0 Å². The zero-order valence-electron chi connectivity index (χ0n) is 15.5. The quantitative estimate of drug-likeness (QED) is 0.607. The van der Waals surface area contributed by atoms with Gasteiger partial charge in [0, 0.05) is 21.6 Å². The molecular formula is C20H18O6S2. The van der Waals surface area contributed by atoms with Crippen molar-refractivity contribution in [1.82, 2.24) is 0 Å². The van der Waals surface area contributed by atoms with Crippen LogP contribution in [0.15, 0.2) is 57.6 Å². The second kappa shape index (κ2) is 8.04. The first-order chi connectivity index (χ1) is 13.4. The van der Waals surface area contributed by atoms with Gasteiger partial charge in [0.15, 0.2) is 0 Å². The molecule has 0 amide bonds. The molecule has 0 bridgehead atoms. The van der Waals surface area contributed by atoms with Gasteiger partial charge >= 0.3 is 0 Å². The van der Waals surface area contributed by atoms with Crippen LogP contribution >= 0.6 is 11.3 Å². The smallest absolute Gasteiger partial charge is 0.251 e. The van der Waals surface area contributed by atoms with Gasteiger partial charge in [0.1, 0.15) is 22.1 Å². The highest BCUT2D eigenvalue weighted by atomic mass is 32.2. The van der Waals surface area contributed by atoms with Crippen LogP contribution in [-0.4, -0.2) is 29.7 Å². The summed E-state index contributed by atoms with van der Waals surface area (Å²) in [6.07, 6.45) is 1.44. The summed E-state index contributed by atoms with van der Waals surface area (Å²) in [5, 5.41) is 1.56. The zero-order chi connectivity index (χ0) is 20.3. The van der Waals surface area contributed by atoms with E-state index in [-0.39, 0.29) is 4.90 Å². The molecule has 0 N–H and O–H groups in total. The third kappa shape index (κ3) is 4.02. The molecule has 0 atom stereocenters. The van der Waals surface area contributed by atoms with Crippen LogP contribution in [-0.2, 0) is 9.84 Å². The van der Waals surface area contributed by atoms with E-state index in [1.54, 1.807) is 43.5 Å². The van der Waals surface area contributed by atoms with E-state index in [4.69, 9.17) is 14.2 Å². The minimum Gasteiger partial charge on any atom is -0.497 e. The predicted octanol–water partition coefficient (Wildman–Crippen LogP) is 3.73. The summed E-state index contributed by atoms with van der Waals surface area (Å²) in [6, 6.07) is 11.6. The van der Waals surface area contributed by atoms with Gasteiger partial charge in [-0.15, -0.1) is 0 Å². The Morgan fingerprint density at radius 1 is 0.893 bits per heavy atom. The average Bonchev–Trinajstić information content (AvgIpc) is 2.71. The lowest BCUT2D eigenvalue weighted by Crippen LogP contribution is -2.09. The highest BCUT2D eigenvalue weighted by Crippen LogP contribution is 2.33. The Hall–Kier alpha value is -2.84. The summed E-state index contributed by atoms with van der Waals surface area (Å²) >= 11 is 0.836. The van der Waals surface area contributed by atoms with Gasteiger partial charge in [-0.25, -0.2) is 8.42 Å². The molecule has 8 heteroatoms. The Bertz CT molecular complexity index is 1190. The number of methoxy groups -OCH3 is 3. The molecule has 0 unspecified atom stereocenters. The van der Waals surface area contributed by atoms with Gasteiger partial charge in [-0.1, -0.05) is 23.5 Å². The topological polar surface area (TPSA) is 78.9 Å². The van der Waals surface area contributed by atoms with E-state index in [0.29, 0.717) is 32.9 Å². The molecule has 1 aromatic heterocycles. The third-order valence-corrected chi connectivity index (χ3v) is 6.58. The van der Waals surface area contributed by atoms with Gasteiger partial charge in [0.05, 0.1) is 21.3 Å². The molecule has 28 heavy (non-hydrogen) atoms. The van der Waals surface area contributed by atoms with Crippen molar-refractivity contribution in [3.8, 4) is 17.2 Å². The SMILES string of the molecule is COc1ccc(C=CS(=O)(=O)c2cc3c(OC)cc(OC)cc3sc2=O)cc1. The Morgan fingerprint density at radius 2 is 1.57 bits per heavy atom. The van der Waals surface area contributed by atoms with Crippen molar-refractivity contribution in [3.05, 3.63) is 63.0 Å². The minimum absolute atomic E-state index is 0.293. The lowest BCUT2D eigenvalue weighted by Gasteiger charge is -2.09. The van der Waals surface area contributed by atoms with E-state index in [0.717, 1.165) is 16.7 Å². The molecule has 0 saturated heterocycles. The van der Waals surface area contributed by atoms with Crippen molar-refractivity contribution in [3.63, 3.8) is 0 Å². The lowest BCUT2D eigenvalue weighted by molar-refractivity contribution is 0.398. The first-order valence-corrected chi connectivity index (χ1v) is 10.5. The van der Waals surface area contributed by atoms with Crippen LogP contribution in [0.3, 0.4) is 0 Å². The molecule has 3 aromatic rings. The van der Waals surface area contributed by atoms with Crippen LogP contribution in [0.5, 0.6) is 17.2 Å². The molecule has 1 heterocycles. The molecule has 0 radical (unpaired) electrons. The highest BCUT2D eigenvalue weighted by Gasteiger charge is 2.19. The summed E-state index contributed by atoms with van der Waals surface area (Å²) in [7, 11) is 0.594. The van der Waals surface area contributed by atoms with Gasteiger partial charge < -0.3 is 14.2 Å². The van der Waals surface area contributed by atoms with Crippen molar-refractivity contribution in [2.24, 2.45) is 0 Å². The van der Waals surface area contributed by atoms with E-state index in [9.17, 15) is 13.2 Å². The number of sulfone groups is 1. The maximum atomic E-state index is 12.7. The van der Waals surface area contributed by atoms with E-state index in [1.165, 1.54) is 26.4 Å². The van der Waals surface area contributed by atoms with Crippen molar-refractivity contribution in [1.29, 1.82) is 0 Å². The lowest BCUT2D eigenvalue weighted by atomic mass is 10.2. The Balaban J connectivity index is 2.06. The first-order valence-electron chi connectivity index (χ1n) is 8.15. The largest absolute Gasteiger partial charge is 0.497 e. The maximum absolute atomic E-state index is 12.7. The fourth-order valence-electron chi connectivity index (χ4n) is 2.59. The van der Waals surface area contributed by atoms with Crippen LogP contribution in [0.25, 0.3) is 16.2 Å². The van der Waals surface area contributed by atoms with Crippen LogP contribution in [0.4, 0.5) is 0 Å². The van der Waals surface area contributed by atoms with Crippen LogP contribution in [0.2, 0.25) is 0 Å². The number of benzene rings is 2. The molecule has 0 aliphatic rings. The molecule has 6 nitrogen and oxygen atoms in total. The molecule has 146 valence electrons. The monoisotopic (exact) mass is 418 g/mol. The summed E-state index contributed by atoms with van der Waals surface area (Å²) < 4.78 is 41.1. The number of ether oxygens (including phenoxy) is 3. The second-order valence-electron chi connectivity index (χ2n) is 5.76. The van der Waals surface area contributed by atoms with Gasteiger partial charge in [-0.2, -0.15) is 0 Å². The highest BCUT2D eigenvalue weighted by molar-refractivity contribution is 7.94. The summed E-state index contributed by atoms with van der Waals surface area (Å²) in [6.45, 7) is 0. The normalized spacial score (nSPS) is 11.7. The minimum atomic E-state index is -3.94. The molecule has 0 saturated carbocycles. The first kappa shape index (κ1) is 19.9. The van der Waals surface area contributed by atoms with Gasteiger partial charge in [-0.05, 0) is 35.9 Å². The van der Waals surface area contributed by atoms with E-state index in [2.05, 4.69) is 0 Å². The second-order valence-corrected chi connectivity index (χ2v) is 8.58. The molecule has 0 aliphatic heterocycles. The fraction of sp³-hybridized carbons (Fsp3) is 0.150. The van der Waals surface area contributed by atoms with E-state index < -0.39 is 14.6 Å². The summed E-state index contributed by atoms with van der Waals surface area (Å²) in [4.78, 5) is 12.2. The number of hydrogen-bond donors (Lipinski definition) is 0. The molecule has 0 fully saturated rings. The van der Waals surface area contributed by atoms with Gasteiger partial charge in [-0.3, -0.25) is 4.79 Å². The Kier molecular flexibility index (Phi) is 5.71. The van der Waals surface area contributed by atoms with Gasteiger partial charge in [0.25, 0.3) is 4.74 Å². The standard InChI is InChI=1S/C20H18O6S2/c1-24-14-6-4-13(5-7-14)8-9-28(22,23)19-12-16-17(26-3)10-15(25-2)11-18(16)27-20(19)21/h4-12H,1-3H3. The fourth-order valence-corrected chi connectivity index (χ4v) is 4.86. The summed E-state index contributed by atoms with van der Waals surface area (Å²) in [5.41, 5.74) is 0.670. The van der Waals surface area contributed by atoms with Crippen LogP contribution < -0.4 is 19.0 Å². The van der Waals surface area contributed by atoms with Crippen molar-refractivity contribution >= 4 is 37.3 Å². The van der Waals surface area contributed by atoms with E-state index in [1.807, 2.05) is 0 Å². The Morgan fingerprint density at radius 3 is 2.18 bits per heavy atom. The molecular weight excluding hydrogens is 400 g/mol.